The van der Waals surface area contributed by atoms with Crippen LogP contribution in [0.15, 0.2) is 60.0 Å². The van der Waals surface area contributed by atoms with Crippen LogP contribution in [0.1, 0.15) is 6.42 Å². The van der Waals surface area contributed by atoms with Gasteiger partial charge < -0.3 is 5.11 Å². The molecule has 0 spiro atoms. The lowest BCUT2D eigenvalue weighted by Gasteiger charge is -2.29. The van der Waals surface area contributed by atoms with Crippen molar-refractivity contribution in [1.29, 1.82) is 0 Å². The Kier molecular flexibility index (Phi) is 4.31. The molecule has 1 saturated carbocycles. The Morgan fingerprint density at radius 2 is 1.67 bits per heavy atom. The van der Waals surface area contributed by atoms with Crippen molar-refractivity contribution in [3.05, 3.63) is 55.1 Å². The van der Waals surface area contributed by atoms with Gasteiger partial charge in [-0.1, -0.05) is 36.4 Å². The van der Waals surface area contributed by atoms with Crippen molar-refractivity contribution in [3.8, 4) is 0 Å². The number of nitrogens with zero attached hydrogens (tertiary/aromatic N) is 1. The molecule has 1 aromatic carbocycles. The van der Waals surface area contributed by atoms with E-state index in [0.29, 0.717) is 0 Å². The summed E-state index contributed by atoms with van der Waals surface area (Å²) in [6, 6.07) is 6.73. The summed E-state index contributed by atoms with van der Waals surface area (Å²) in [4.78, 5) is 26.9. The third kappa shape index (κ3) is 2.76. The monoisotopic (exact) mass is 387 g/mol. The zero-order chi connectivity index (χ0) is 19.3. The molecular weight excluding hydrogens is 366 g/mol. The highest BCUT2D eigenvalue weighted by atomic mass is 32.2. The van der Waals surface area contributed by atoms with Gasteiger partial charge in [-0.05, 0) is 30.4 Å². The number of benzene rings is 1. The fraction of sp³-hybridized carbons (Fsp3) is 0.400. The number of hydrogen-bond acceptors (Lipinski definition) is 5. The molecule has 0 aromatic heterocycles. The largest absolute Gasteiger partial charge is 0.390 e. The normalized spacial score (nSPS) is 31.2. The Labute approximate surface area is 158 Å². The van der Waals surface area contributed by atoms with Gasteiger partial charge in [0.2, 0.25) is 11.8 Å². The first-order valence-corrected chi connectivity index (χ1v) is 10.6. The average Bonchev–Trinajstić information content (AvgIpc) is 3.32. The summed E-state index contributed by atoms with van der Waals surface area (Å²) in [6.07, 6.45) is 4.63. The zero-order valence-electron chi connectivity index (χ0n) is 14.6. The summed E-state index contributed by atoms with van der Waals surface area (Å²) in [7, 11) is -3.77. The first-order valence-electron chi connectivity index (χ1n) is 8.99. The van der Waals surface area contributed by atoms with Gasteiger partial charge in [-0.25, -0.2) is 8.42 Å². The molecule has 6 unspecified atom stereocenters. The van der Waals surface area contributed by atoms with Crippen molar-refractivity contribution in [3.63, 3.8) is 0 Å². The van der Waals surface area contributed by atoms with Gasteiger partial charge in [-0.2, -0.15) is 0 Å². The van der Waals surface area contributed by atoms with Gasteiger partial charge in [-0.15, -0.1) is 6.58 Å². The molecule has 1 N–H and O–H groups in total. The molecule has 27 heavy (non-hydrogen) atoms. The Hall–Kier alpha value is -2.25. The Morgan fingerprint density at radius 1 is 1.11 bits per heavy atom. The molecule has 1 saturated heterocycles. The second kappa shape index (κ2) is 6.42. The zero-order valence-corrected chi connectivity index (χ0v) is 15.5. The quantitative estimate of drug-likeness (QED) is 0.585. The van der Waals surface area contributed by atoms with Crippen LogP contribution in [0.5, 0.6) is 0 Å². The van der Waals surface area contributed by atoms with Crippen LogP contribution in [0.4, 0.5) is 0 Å². The van der Waals surface area contributed by atoms with E-state index >= 15 is 0 Å². The molecule has 1 heterocycles. The number of amides is 2. The molecule has 0 radical (unpaired) electrons. The van der Waals surface area contributed by atoms with Crippen molar-refractivity contribution in [2.75, 3.05) is 5.75 Å². The molecule has 1 aromatic rings. The highest BCUT2D eigenvalue weighted by Crippen LogP contribution is 2.53. The smallest absolute Gasteiger partial charge is 0.234 e. The predicted molar refractivity (Wildman–Crippen MR) is 98.1 cm³/mol. The van der Waals surface area contributed by atoms with E-state index in [4.69, 9.17) is 0 Å². The van der Waals surface area contributed by atoms with Gasteiger partial charge in [0.15, 0.2) is 9.84 Å². The highest BCUT2D eigenvalue weighted by molar-refractivity contribution is 7.91. The second-order valence-electron chi connectivity index (χ2n) is 7.43. The summed E-state index contributed by atoms with van der Waals surface area (Å²) >= 11 is 0. The summed E-state index contributed by atoms with van der Waals surface area (Å²) in [5.74, 6) is -1.94. The lowest BCUT2D eigenvalue weighted by molar-refractivity contribution is -0.144. The third-order valence-corrected chi connectivity index (χ3v) is 7.70. The summed E-state index contributed by atoms with van der Waals surface area (Å²) in [5, 5.41) is 10.6. The van der Waals surface area contributed by atoms with Crippen LogP contribution in [0, 0.1) is 23.7 Å². The van der Waals surface area contributed by atoms with E-state index in [1.165, 1.54) is 18.2 Å². The van der Waals surface area contributed by atoms with Crippen LogP contribution in [0.25, 0.3) is 0 Å². The minimum atomic E-state index is -3.77. The van der Waals surface area contributed by atoms with E-state index in [1.54, 1.807) is 18.2 Å². The number of hydrogen-bond donors (Lipinski definition) is 1. The standard InChI is InChI=1S/C20H21NO5S/c1-2-15(16(22)11-27(25,26)14-6-4-3-5-7-14)21-19(23)17-12-8-9-13(10-12)18(17)20(21)24/h2-9,12-13,15-18,22H,1,10-11H2. The fourth-order valence-electron chi connectivity index (χ4n) is 4.70. The van der Waals surface area contributed by atoms with Crippen LogP contribution >= 0.6 is 0 Å². The first kappa shape index (κ1) is 18.1. The summed E-state index contributed by atoms with van der Waals surface area (Å²) in [5.41, 5.74) is 0. The summed E-state index contributed by atoms with van der Waals surface area (Å²) < 4.78 is 25.1. The van der Waals surface area contributed by atoms with Crippen molar-refractivity contribution in [2.24, 2.45) is 23.7 Å². The van der Waals surface area contributed by atoms with Crippen molar-refractivity contribution >= 4 is 21.7 Å². The number of aliphatic hydroxyl groups excluding tert-OH is 1. The average molecular weight is 387 g/mol. The predicted octanol–water partition coefficient (Wildman–Crippen LogP) is 1.18. The van der Waals surface area contributed by atoms with Gasteiger partial charge in [0.1, 0.15) is 0 Å². The van der Waals surface area contributed by atoms with Crippen LogP contribution in [-0.4, -0.2) is 48.1 Å². The van der Waals surface area contributed by atoms with E-state index in [1.807, 2.05) is 12.2 Å². The van der Waals surface area contributed by atoms with Crippen molar-refractivity contribution in [2.45, 2.75) is 23.5 Å². The number of carbonyl (C=O) groups is 2. The topological polar surface area (TPSA) is 91.8 Å². The van der Waals surface area contributed by atoms with E-state index in [-0.39, 0.29) is 28.5 Å². The maximum atomic E-state index is 12.9. The Balaban J connectivity index is 1.57. The Morgan fingerprint density at radius 3 is 2.19 bits per heavy atom. The molecule has 2 amide bonds. The minimum Gasteiger partial charge on any atom is -0.390 e. The molecule has 2 fully saturated rings. The molecule has 3 aliphatic rings. The molecular formula is C20H21NO5S. The molecule has 142 valence electrons. The number of carbonyl (C=O) groups excluding carboxylic acids is 2. The van der Waals surface area contributed by atoms with Gasteiger partial charge in [-0.3, -0.25) is 14.5 Å². The maximum absolute atomic E-state index is 12.9. The van der Waals surface area contributed by atoms with Gasteiger partial charge in [0, 0.05) is 0 Å². The highest BCUT2D eigenvalue weighted by Gasteiger charge is 2.60. The summed E-state index contributed by atoms with van der Waals surface area (Å²) in [6.45, 7) is 3.63. The molecule has 1 aliphatic heterocycles. The van der Waals surface area contributed by atoms with Crippen LogP contribution < -0.4 is 0 Å². The van der Waals surface area contributed by atoms with Gasteiger partial charge >= 0.3 is 0 Å². The molecule has 2 aliphatic carbocycles. The SMILES string of the molecule is C=CC(C(O)CS(=O)(=O)c1ccccc1)N1C(=O)C2C3C=CC(C3)C2C1=O. The number of likely N-dealkylation sites (tertiary alicyclic amines) is 1. The van der Waals surface area contributed by atoms with Crippen LogP contribution in [-0.2, 0) is 19.4 Å². The number of imide groups is 1. The second-order valence-corrected chi connectivity index (χ2v) is 9.47. The van der Waals surface area contributed by atoms with E-state index in [2.05, 4.69) is 6.58 Å². The number of allylic oxidation sites excluding steroid dienone is 2. The van der Waals surface area contributed by atoms with Crippen molar-refractivity contribution < 1.29 is 23.1 Å². The number of rotatable bonds is 6. The first-order chi connectivity index (χ1) is 12.8. The van der Waals surface area contributed by atoms with Crippen molar-refractivity contribution in [1.82, 2.24) is 4.90 Å². The third-order valence-electron chi connectivity index (χ3n) is 5.93. The van der Waals surface area contributed by atoms with Crippen LogP contribution in [0.3, 0.4) is 0 Å². The maximum Gasteiger partial charge on any atom is 0.234 e. The number of sulfone groups is 1. The molecule has 6 atom stereocenters. The number of aliphatic hydroxyl groups is 1. The lowest BCUT2D eigenvalue weighted by Crippen LogP contribution is -2.49. The van der Waals surface area contributed by atoms with E-state index in [9.17, 15) is 23.1 Å². The fourth-order valence-corrected chi connectivity index (χ4v) is 6.11. The number of fused-ring (bicyclic) bond motifs is 5. The van der Waals surface area contributed by atoms with E-state index in [0.717, 1.165) is 11.3 Å². The minimum absolute atomic E-state index is 0.0529. The molecule has 6 nitrogen and oxygen atoms in total. The molecule has 4 rings (SSSR count). The molecule has 2 bridgehead atoms. The lowest BCUT2D eigenvalue weighted by atomic mass is 9.85. The van der Waals surface area contributed by atoms with Gasteiger partial charge in [0.25, 0.3) is 0 Å². The van der Waals surface area contributed by atoms with Gasteiger partial charge in [0.05, 0.1) is 34.6 Å². The molecule has 7 heteroatoms. The van der Waals surface area contributed by atoms with E-state index < -0.39 is 39.6 Å². The Bertz CT molecular complexity index is 893. The van der Waals surface area contributed by atoms with Crippen LogP contribution in [0.2, 0.25) is 0 Å².